The van der Waals surface area contributed by atoms with E-state index in [0.717, 1.165) is 16.5 Å². The molecule has 0 aliphatic heterocycles. The molecule has 2 aromatic rings. The summed E-state index contributed by atoms with van der Waals surface area (Å²) < 4.78 is 0. The summed E-state index contributed by atoms with van der Waals surface area (Å²) in [7, 11) is 0. The van der Waals surface area contributed by atoms with E-state index in [1.54, 1.807) is 6.20 Å². The van der Waals surface area contributed by atoms with E-state index in [-0.39, 0.29) is 6.42 Å². The Hall–Kier alpha value is -2.87. The first-order valence-corrected chi connectivity index (χ1v) is 6.94. The molecule has 0 saturated heterocycles. The van der Waals surface area contributed by atoms with Gasteiger partial charge in [-0.1, -0.05) is 18.2 Å². The molecule has 1 aromatic heterocycles. The number of carbonyl (C=O) groups excluding carboxylic acids is 1. The van der Waals surface area contributed by atoms with Crippen LogP contribution in [0.25, 0.3) is 10.9 Å². The lowest BCUT2D eigenvalue weighted by Crippen LogP contribution is -2.49. The van der Waals surface area contributed by atoms with Crippen LogP contribution in [0.1, 0.15) is 12.0 Å². The number of aromatic nitrogens is 1. The van der Waals surface area contributed by atoms with Gasteiger partial charge in [0.2, 0.25) is 5.91 Å². The van der Waals surface area contributed by atoms with Gasteiger partial charge in [-0.25, -0.2) is 4.79 Å². The summed E-state index contributed by atoms with van der Waals surface area (Å²) in [6, 6.07) is 5.02. The van der Waals surface area contributed by atoms with Crippen molar-refractivity contribution in [2.75, 3.05) is 0 Å². The minimum atomic E-state index is -1.51. The van der Waals surface area contributed by atoms with Crippen LogP contribution in [0.3, 0.4) is 0 Å². The molecule has 0 aliphatic carbocycles. The van der Waals surface area contributed by atoms with Gasteiger partial charge in [0.1, 0.15) is 6.04 Å². The Morgan fingerprint density at radius 2 is 1.91 bits per heavy atom. The summed E-state index contributed by atoms with van der Waals surface area (Å²) in [4.78, 5) is 36.6. The van der Waals surface area contributed by atoms with Crippen molar-refractivity contribution in [3.05, 3.63) is 36.0 Å². The van der Waals surface area contributed by atoms with Gasteiger partial charge in [0.25, 0.3) is 0 Å². The number of para-hydroxylation sites is 1. The second-order valence-electron chi connectivity index (χ2n) is 5.17. The fourth-order valence-corrected chi connectivity index (χ4v) is 2.28. The quantitative estimate of drug-likeness (QED) is 0.488. The molecule has 2 atom stereocenters. The molecular formula is C15H17N3O5. The molecule has 0 bridgehead atoms. The predicted molar refractivity (Wildman–Crippen MR) is 81.8 cm³/mol. The van der Waals surface area contributed by atoms with Crippen molar-refractivity contribution < 1.29 is 24.6 Å². The normalized spacial score (nSPS) is 13.4. The highest BCUT2D eigenvalue weighted by Crippen LogP contribution is 2.18. The Morgan fingerprint density at radius 1 is 1.22 bits per heavy atom. The van der Waals surface area contributed by atoms with E-state index in [2.05, 4.69) is 10.3 Å². The zero-order valence-corrected chi connectivity index (χ0v) is 12.2. The van der Waals surface area contributed by atoms with Gasteiger partial charge >= 0.3 is 11.9 Å². The third kappa shape index (κ3) is 4.07. The van der Waals surface area contributed by atoms with Gasteiger partial charge in [-0.2, -0.15) is 0 Å². The summed E-state index contributed by atoms with van der Waals surface area (Å²) in [5.41, 5.74) is 7.55. The van der Waals surface area contributed by atoms with E-state index in [9.17, 15) is 14.4 Å². The SMILES string of the molecule is N[C@@H](Cc1c[nH]c2ccccc12)C(=O)N[C@H](CC(=O)O)C(=O)O. The van der Waals surface area contributed by atoms with E-state index in [1.165, 1.54) is 0 Å². The minimum absolute atomic E-state index is 0.204. The van der Waals surface area contributed by atoms with E-state index < -0.39 is 36.4 Å². The number of aromatic amines is 1. The van der Waals surface area contributed by atoms with Crippen molar-refractivity contribution in [3.63, 3.8) is 0 Å². The second kappa shape index (κ2) is 6.93. The molecule has 8 nitrogen and oxygen atoms in total. The Kier molecular flexibility index (Phi) is 4.97. The van der Waals surface area contributed by atoms with Crippen LogP contribution in [0, 0.1) is 0 Å². The molecule has 23 heavy (non-hydrogen) atoms. The van der Waals surface area contributed by atoms with Crippen LogP contribution in [-0.2, 0) is 20.8 Å². The van der Waals surface area contributed by atoms with Crippen molar-refractivity contribution in [1.29, 1.82) is 0 Å². The van der Waals surface area contributed by atoms with Gasteiger partial charge in [0.15, 0.2) is 0 Å². The molecule has 0 spiro atoms. The van der Waals surface area contributed by atoms with E-state index >= 15 is 0 Å². The smallest absolute Gasteiger partial charge is 0.326 e. The highest BCUT2D eigenvalue weighted by molar-refractivity contribution is 5.90. The highest BCUT2D eigenvalue weighted by Gasteiger charge is 2.26. The topological polar surface area (TPSA) is 146 Å². The molecule has 0 fully saturated rings. The van der Waals surface area contributed by atoms with Crippen molar-refractivity contribution >= 4 is 28.7 Å². The first-order chi connectivity index (χ1) is 10.9. The lowest BCUT2D eigenvalue weighted by atomic mass is 10.0. The second-order valence-corrected chi connectivity index (χ2v) is 5.17. The number of fused-ring (bicyclic) bond motifs is 1. The molecule has 0 radical (unpaired) electrons. The van der Waals surface area contributed by atoms with Crippen molar-refractivity contribution in [2.24, 2.45) is 5.73 Å². The fraction of sp³-hybridized carbons (Fsp3) is 0.267. The third-order valence-electron chi connectivity index (χ3n) is 3.44. The van der Waals surface area contributed by atoms with Crippen molar-refractivity contribution in [3.8, 4) is 0 Å². The van der Waals surface area contributed by atoms with Gasteiger partial charge in [-0.15, -0.1) is 0 Å². The standard InChI is InChI=1S/C15H17N3O5/c16-10(14(21)18-12(15(22)23)6-13(19)20)5-8-7-17-11-4-2-1-3-9(8)11/h1-4,7,10,12,17H,5-6,16H2,(H,18,21)(H,19,20)(H,22,23)/t10-,12+/m0/s1. The van der Waals surface area contributed by atoms with Gasteiger partial charge in [0.05, 0.1) is 12.5 Å². The van der Waals surface area contributed by atoms with Crippen LogP contribution in [0.5, 0.6) is 0 Å². The largest absolute Gasteiger partial charge is 0.481 e. The number of nitrogens with one attached hydrogen (secondary N) is 2. The maximum Gasteiger partial charge on any atom is 0.326 e. The molecule has 1 heterocycles. The Labute approximate surface area is 131 Å². The van der Waals surface area contributed by atoms with E-state index in [4.69, 9.17) is 15.9 Å². The van der Waals surface area contributed by atoms with Gasteiger partial charge in [-0.05, 0) is 18.1 Å². The van der Waals surface area contributed by atoms with Crippen LogP contribution in [-0.4, -0.2) is 45.1 Å². The lowest BCUT2D eigenvalue weighted by Gasteiger charge is -2.16. The Bertz CT molecular complexity index is 740. The predicted octanol–water partition coefficient (Wildman–Crippen LogP) is 0.0818. The van der Waals surface area contributed by atoms with Gasteiger partial charge < -0.3 is 26.2 Å². The molecule has 6 N–H and O–H groups in total. The molecule has 1 amide bonds. The average molecular weight is 319 g/mol. The van der Waals surface area contributed by atoms with Crippen molar-refractivity contribution in [2.45, 2.75) is 24.9 Å². The summed E-state index contributed by atoms with van der Waals surface area (Å²) in [6.07, 6.45) is 1.24. The van der Waals surface area contributed by atoms with Crippen LogP contribution in [0.2, 0.25) is 0 Å². The number of H-pyrrole nitrogens is 1. The first-order valence-electron chi connectivity index (χ1n) is 6.94. The summed E-state index contributed by atoms with van der Waals surface area (Å²) >= 11 is 0. The molecule has 8 heteroatoms. The number of rotatable bonds is 7. The zero-order valence-electron chi connectivity index (χ0n) is 12.2. The molecule has 0 aliphatic rings. The van der Waals surface area contributed by atoms with Crippen LogP contribution >= 0.6 is 0 Å². The maximum atomic E-state index is 12.0. The summed E-state index contributed by atoms with van der Waals surface area (Å²) in [5.74, 6) is -3.44. The lowest BCUT2D eigenvalue weighted by molar-refractivity contribution is -0.147. The van der Waals surface area contributed by atoms with E-state index in [1.807, 2.05) is 24.3 Å². The molecule has 0 saturated carbocycles. The monoisotopic (exact) mass is 319 g/mol. The fourth-order valence-electron chi connectivity index (χ4n) is 2.28. The first kappa shape index (κ1) is 16.5. The summed E-state index contributed by atoms with van der Waals surface area (Å²) in [5, 5.41) is 20.7. The number of carboxylic acid groups (broad SMARTS) is 2. The Morgan fingerprint density at radius 3 is 2.57 bits per heavy atom. The number of amides is 1. The van der Waals surface area contributed by atoms with Gasteiger partial charge in [0, 0.05) is 17.1 Å². The van der Waals surface area contributed by atoms with Crippen LogP contribution in [0.15, 0.2) is 30.5 Å². The summed E-state index contributed by atoms with van der Waals surface area (Å²) in [6.45, 7) is 0. The molecule has 2 rings (SSSR count). The number of hydrogen-bond donors (Lipinski definition) is 5. The zero-order chi connectivity index (χ0) is 17.0. The highest BCUT2D eigenvalue weighted by atomic mass is 16.4. The molecule has 1 aromatic carbocycles. The van der Waals surface area contributed by atoms with E-state index in [0.29, 0.717) is 0 Å². The average Bonchev–Trinajstić information content (AvgIpc) is 2.89. The molecular weight excluding hydrogens is 302 g/mol. The third-order valence-corrected chi connectivity index (χ3v) is 3.44. The van der Waals surface area contributed by atoms with Crippen LogP contribution in [0.4, 0.5) is 0 Å². The number of aliphatic carboxylic acids is 2. The van der Waals surface area contributed by atoms with Crippen molar-refractivity contribution in [1.82, 2.24) is 10.3 Å². The molecule has 122 valence electrons. The number of nitrogens with two attached hydrogens (primary N) is 1. The number of carbonyl (C=O) groups is 3. The number of carboxylic acids is 2. The molecule has 0 unspecified atom stereocenters. The van der Waals surface area contributed by atoms with Crippen LogP contribution < -0.4 is 11.1 Å². The maximum absolute atomic E-state index is 12.0. The minimum Gasteiger partial charge on any atom is -0.481 e. The number of hydrogen-bond acceptors (Lipinski definition) is 4. The Balaban J connectivity index is 2.04. The number of benzene rings is 1. The van der Waals surface area contributed by atoms with Gasteiger partial charge in [-0.3, -0.25) is 9.59 Å².